The third-order valence-electron chi connectivity index (χ3n) is 12.5. The maximum Gasteiger partial charge on any atom is 0.220 e. The van der Waals surface area contributed by atoms with Crippen molar-refractivity contribution in [3.63, 3.8) is 0 Å². The van der Waals surface area contributed by atoms with Crippen molar-refractivity contribution in [3.05, 3.63) is 228 Å². The van der Waals surface area contributed by atoms with E-state index in [9.17, 15) is 5.26 Å². The van der Waals surface area contributed by atoms with Crippen molar-refractivity contribution >= 4 is 74.1 Å². The molecule has 59 heavy (non-hydrogen) atoms. The molecule has 276 valence electrons. The highest BCUT2D eigenvalue weighted by Crippen LogP contribution is 2.54. The molecule has 12 rings (SSSR count). The van der Waals surface area contributed by atoms with Crippen LogP contribution in [0.5, 0.6) is 0 Å². The number of aromatic nitrogens is 3. The van der Waals surface area contributed by atoms with E-state index in [2.05, 4.69) is 208 Å². The lowest BCUT2D eigenvalue weighted by Gasteiger charge is -2.35. The van der Waals surface area contributed by atoms with Crippen LogP contribution in [0.15, 0.2) is 206 Å². The van der Waals surface area contributed by atoms with Crippen LogP contribution in [-0.4, -0.2) is 22.0 Å². The molecule has 0 fully saturated rings. The number of fused-ring (bicyclic) bond motifs is 10. The van der Waals surface area contributed by atoms with Gasteiger partial charge in [-0.1, -0.05) is 140 Å². The number of nitriles is 1. The smallest absolute Gasteiger partial charge is 0.220 e. The average Bonchev–Trinajstić information content (AvgIpc) is 4.04. The average molecular weight is 770 g/mol. The Morgan fingerprint density at radius 3 is 1.86 bits per heavy atom. The van der Waals surface area contributed by atoms with Crippen LogP contribution in [0.1, 0.15) is 28.2 Å². The van der Waals surface area contributed by atoms with Gasteiger partial charge in [0.15, 0.2) is 8.07 Å². The molecule has 0 bridgehead atoms. The van der Waals surface area contributed by atoms with Crippen LogP contribution in [0, 0.1) is 11.3 Å². The van der Waals surface area contributed by atoms with Gasteiger partial charge < -0.3 is 4.90 Å². The Labute approximate surface area is 342 Å². The van der Waals surface area contributed by atoms with E-state index in [1.165, 1.54) is 48.8 Å². The number of nitrogens with zero attached hydrogens (tertiary/aromatic N) is 5. The first-order valence-electron chi connectivity index (χ1n) is 20.1. The Kier molecular flexibility index (Phi) is 7.31. The van der Waals surface area contributed by atoms with Crippen LogP contribution in [0.3, 0.4) is 0 Å². The fraction of sp³-hybridized carbons (Fsp3) is 0.0189. The van der Waals surface area contributed by atoms with Gasteiger partial charge in [0.1, 0.15) is 0 Å². The lowest BCUT2D eigenvalue weighted by atomic mass is 9.93. The highest BCUT2D eigenvalue weighted by atomic mass is 28.3. The molecule has 0 amide bonds. The molecule has 2 aliphatic rings. The molecule has 5 nitrogen and oxygen atoms in total. The number of para-hydroxylation sites is 3. The second-order valence-corrected chi connectivity index (χ2v) is 19.3. The lowest BCUT2D eigenvalue weighted by Crippen LogP contribution is -2.74. The SMILES string of the molecule is N#Cc1ccc2nc3n(-c4cccc([Si](c5ccccc5)(c5ccccc5)c5cccc(N6C7=Cc8ccccc8C7c7ccccc76)c5)c4)c4ccccc4n3c2c1. The van der Waals surface area contributed by atoms with E-state index >= 15 is 0 Å². The van der Waals surface area contributed by atoms with Crippen LogP contribution < -0.4 is 25.6 Å². The Balaban J connectivity index is 1.11. The minimum absolute atomic E-state index is 0.201. The van der Waals surface area contributed by atoms with Crippen LogP contribution in [0.25, 0.3) is 39.6 Å². The van der Waals surface area contributed by atoms with Crippen molar-refractivity contribution in [2.45, 2.75) is 5.92 Å². The monoisotopic (exact) mass is 769 g/mol. The maximum atomic E-state index is 9.80. The third-order valence-corrected chi connectivity index (χ3v) is 17.2. The Morgan fingerprint density at radius 1 is 0.508 bits per heavy atom. The second kappa shape index (κ2) is 12.9. The van der Waals surface area contributed by atoms with E-state index in [1.807, 2.05) is 18.2 Å². The molecule has 0 radical (unpaired) electrons. The zero-order chi connectivity index (χ0) is 39.1. The normalized spacial score (nSPS) is 14.3. The van der Waals surface area contributed by atoms with Gasteiger partial charge >= 0.3 is 0 Å². The van der Waals surface area contributed by atoms with E-state index in [1.54, 1.807) is 0 Å². The number of allylic oxidation sites excluding steroid dienone is 1. The Bertz CT molecular complexity index is 3330. The summed E-state index contributed by atoms with van der Waals surface area (Å²) < 4.78 is 4.47. The number of rotatable bonds is 6. The molecular weight excluding hydrogens is 735 g/mol. The molecule has 3 heterocycles. The van der Waals surface area contributed by atoms with Gasteiger partial charge in [0, 0.05) is 17.1 Å². The number of benzene rings is 8. The molecule has 1 aliphatic carbocycles. The van der Waals surface area contributed by atoms with Gasteiger partial charge in [-0.25, -0.2) is 4.98 Å². The van der Waals surface area contributed by atoms with Crippen molar-refractivity contribution < 1.29 is 0 Å². The molecule has 2 aromatic heterocycles. The van der Waals surface area contributed by atoms with Crippen molar-refractivity contribution in [2.75, 3.05) is 4.90 Å². The van der Waals surface area contributed by atoms with E-state index in [4.69, 9.17) is 4.98 Å². The fourth-order valence-corrected chi connectivity index (χ4v) is 14.9. The minimum atomic E-state index is -3.02. The molecule has 8 aromatic carbocycles. The van der Waals surface area contributed by atoms with E-state index in [-0.39, 0.29) is 5.92 Å². The zero-order valence-corrected chi connectivity index (χ0v) is 32.9. The predicted molar refractivity (Wildman–Crippen MR) is 243 cm³/mol. The van der Waals surface area contributed by atoms with Gasteiger partial charge in [0.2, 0.25) is 5.78 Å². The van der Waals surface area contributed by atoms with E-state index in [0.29, 0.717) is 5.56 Å². The molecule has 1 aliphatic heterocycles. The highest BCUT2D eigenvalue weighted by Gasteiger charge is 2.44. The summed E-state index contributed by atoms with van der Waals surface area (Å²) in [7, 11) is -3.02. The summed E-state index contributed by atoms with van der Waals surface area (Å²) in [6.45, 7) is 0. The second-order valence-electron chi connectivity index (χ2n) is 15.5. The molecule has 10 aromatic rings. The summed E-state index contributed by atoms with van der Waals surface area (Å²) in [5.74, 6) is 1.02. The summed E-state index contributed by atoms with van der Waals surface area (Å²) in [6.07, 6.45) is 2.39. The van der Waals surface area contributed by atoms with Crippen molar-refractivity contribution in [3.8, 4) is 11.8 Å². The number of hydrogen-bond acceptors (Lipinski definition) is 3. The molecule has 0 saturated heterocycles. The van der Waals surface area contributed by atoms with Gasteiger partial charge in [0.25, 0.3) is 0 Å². The number of imidazole rings is 2. The van der Waals surface area contributed by atoms with Crippen LogP contribution in [0.2, 0.25) is 0 Å². The van der Waals surface area contributed by atoms with Gasteiger partial charge in [-0.05, 0) is 104 Å². The topological polar surface area (TPSA) is 49.3 Å². The first-order valence-corrected chi connectivity index (χ1v) is 22.1. The van der Waals surface area contributed by atoms with Gasteiger partial charge in [-0.2, -0.15) is 5.26 Å². The largest absolute Gasteiger partial charge is 0.313 e. The number of hydrogen-bond donors (Lipinski definition) is 0. The predicted octanol–water partition coefficient (Wildman–Crippen LogP) is 9.32. The van der Waals surface area contributed by atoms with Crippen LogP contribution in [0.4, 0.5) is 11.4 Å². The van der Waals surface area contributed by atoms with Crippen LogP contribution >= 0.6 is 0 Å². The molecule has 0 spiro atoms. The molecular formula is C53H35N5Si. The quantitative estimate of drug-likeness (QED) is 0.125. The molecule has 0 N–H and O–H groups in total. The molecule has 6 heteroatoms. The maximum absolute atomic E-state index is 9.80. The molecule has 1 unspecified atom stereocenters. The number of anilines is 2. The summed E-state index contributed by atoms with van der Waals surface area (Å²) in [5.41, 5.74) is 13.2. The Hall–Kier alpha value is -7.72. The summed E-state index contributed by atoms with van der Waals surface area (Å²) in [4.78, 5) is 7.70. The van der Waals surface area contributed by atoms with Gasteiger partial charge in [-0.15, -0.1) is 0 Å². The first kappa shape index (κ1) is 33.4. The summed E-state index contributed by atoms with van der Waals surface area (Å²) in [6, 6.07) is 75.1. The van der Waals surface area contributed by atoms with Crippen molar-refractivity contribution in [1.82, 2.24) is 14.0 Å². The minimum Gasteiger partial charge on any atom is -0.313 e. The van der Waals surface area contributed by atoms with Crippen molar-refractivity contribution in [2.24, 2.45) is 0 Å². The first-order chi connectivity index (χ1) is 29.2. The highest BCUT2D eigenvalue weighted by molar-refractivity contribution is 7.20. The zero-order valence-electron chi connectivity index (χ0n) is 31.9. The molecule has 1 atom stereocenters. The summed E-state index contributed by atoms with van der Waals surface area (Å²) >= 11 is 0. The third kappa shape index (κ3) is 4.80. The summed E-state index contributed by atoms with van der Waals surface area (Å²) in [5, 5.41) is 15.0. The standard InChI is InChI=1S/C53H35N5Si/c54-35-36-29-30-46-50(31-36)58-49-28-12-11-27-48(49)57(53(58)55-46)39-17-14-23-43(34-39)59(40-18-3-1-4-19-40,41-20-5-2-6-21-41)42-22-13-16-38(33-42)56-47-26-10-9-25-45(47)52-44-24-8-7-15-37(44)32-51(52)56/h1-34,52H. The van der Waals surface area contributed by atoms with Crippen molar-refractivity contribution in [1.29, 1.82) is 5.26 Å². The van der Waals surface area contributed by atoms with Gasteiger partial charge in [-0.3, -0.25) is 8.97 Å². The van der Waals surface area contributed by atoms with Crippen LogP contribution in [-0.2, 0) is 0 Å². The van der Waals surface area contributed by atoms with E-state index < -0.39 is 8.07 Å². The van der Waals surface area contributed by atoms with E-state index in [0.717, 1.165) is 39.2 Å². The van der Waals surface area contributed by atoms with Gasteiger partial charge in [0.05, 0.1) is 45.3 Å². The fourth-order valence-electron chi connectivity index (χ4n) is 10.0. The lowest BCUT2D eigenvalue weighted by molar-refractivity contribution is 1.01. The molecule has 0 saturated carbocycles. The Morgan fingerprint density at radius 2 is 1.12 bits per heavy atom.